The Bertz CT molecular complexity index is 1220. The monoisotopic (exact) mass is 574 g/mol. The Morgan fingerprint density at radius 2 is 0.810 bits per heavy atom. The zero-order valence-corrected chi connectivity index (χ0v) is 24.6. The van der Waals surface area contributed by atoms with Gasteiger partial charge in [-0.2, -0.15) is 0 Å². The van der Waals surface area contributed by atoms with E-state index >= 15 is 0 Å². The lowest BCUT2D eigenvalue weighted by atomic mass is 9.99. The molecular formula is C34H38O8. The summed E-state index contributed by atoms with van der Waals surface area (Å²) >= 11 is 0. The third-order valence-electron chi connectivity index (χ3n) is 6.51. The Morgan fingerprint density at radius 3 is 1.10 bits per heavy atom. The molecule has 8 nitrogen and oxygen atoms in total. The third-order valence-corrected chi connectivity index (χ3v) is 6.51. The predicted molar refractivity (Wildman–Crippen MR) is 159 cm³/mol. The molecule has 42 heavy (non-hydrogen) atoms. The number of hydrogen-bond donors (Lipinski definition) is 0. The highest BCUT2D eigenvalue weighted by molar-refractivity contribution is 5.93. The number of carbonyl (C=O) groups is 4. The largest absolute Gasteiger partial charge is 0.463 e. The molecule has 0 aliphatic heterocycles. The van der Waals surface area contributed by atoms with Crippen LogP contribution < -0.4 is 0 Å². The molecule has 3 rings (SSSR count). The summed E-state index contributed by atoms with van der Waals surface area (Å²) in [6, 6.07) is 21.7. The number of esters is 4. The van der Waals surface area contributed by atoms with E-state index in [1.165, 1.54) is 13.8 Å². The minimum Gasteiger partial charge on any atom is -0.463 e. The Labute approximate surface area is 246 Å². The summed E-state index contributed by atoms with van der Waals surface area (Å²) in [5, 5.41) is 0. The van der Waals surface area contributed by atoms with Crippen molar-refractivity contribution >= 4 is 23.9 Å². The second kappa shape index (κ2) is 16.1. The van der Waals surface area contributed by atoms with E-state index in [0.717, 1.165) is 47.9 Å². The van der Waals surface area contributed by atoms with Crippen LogP contribution in [0.5, 0.6) is 0 Å². The topological polar surface area (TPSA) is 105 Å². The fraction of sp³-hybridized carbons (Fsp3) is 0.353. The smallest absolute Gasteiger partial charge is 0.347 e. The highest BCUT2D eigenvalue weighted by Gasteiger charge is 2.21. The van der Waals surface area contributed by atoms with Crippen molar-refractivity contribution in [2.45, 2.75) is 65.6 Å². The van der Waals surface area contributed by atoms with Gasteiger partial charge in [-0.15, -0.1) is 0 Å². The molecule has 0 aromatic heterocycles. The first-order valence-electron chi connectivity index (χ1n) is 14.3. The molecule has 0 aliphatic carbocycles. The number of ether oxygens (including phenoxy) is 4. The minimum atomic E-state index is -0.982. The van der Waals surface area contributed by atoms with Crippen LogP contribution in [0.2, 0.25) is 0 Å². The average Bonchev–Trinajstić information content (AvgIpc) is 3.01. The summed E-state index contributed by atoms with van der Waals surface area (Å²) in [7, 11) is 0. The van der Waals surface area contributed by atoms with Gasteiger partial charge in [0.25, 0.3) is 0 Å². The summed E-state index contributed by atoms with van der Waals surface area (Å²) < 4.78 is 20.7. The Kier molecular flexibility index (Phi) is 12.3. The molecule has 0 saturated carbocycles. The first-order valence-corrected chi connectivity index (χ1v) is 14.3. The van der Waals surface area contributed by atoms with Gasteiger partial charge >= 0.3 is 23.9 Å². The maximum atomic E-state index is 12.5. The quantitative estimate of drug-likeness (QED) is 0.118. The van der Waals surface area contributed by atoms with E-state index in [0.29, 0.717) is 24.3 Å². The third kappa shape index (κ3) is 9.29. The van der Waals surface area contributed by atoms with Gasteiger partial charge in [0.2, 0.25) is 0 Å². The maximum absolute atomic E-state index is 12.5. The van der Waals surface area contributed by atoms with Gasteiger partial charge in [-0.3, -0.25) is 0 Å². The van der Waals surface area contributed by atoms with Gasteiger partial charge in [0.15, 0.2) is 12.2 Å². The molecule has 2 atom stereocenters. The first kappa shape index (κ1) is 32.1. The second-order valence-corrected chi connectivity index (χ2v) is 9.87. The molecule has 0 heterocycles. The van der Waals surface area contributed by atoms with Gasteiger partial charge in [-0.1, -0.05) is 75.2 Å². The van der Waals surface area contributed by atoms with E-state index in [9.17, 15) is 19.2 Å². The molecule has 8 heteroatoms. The number of hydrogen-bond acceptors (Lipinski definition) is 8. The van der Waals surface area contributed by atoms with Crippen LogP contribution in [0.1, 0.15) is 74.1 Å². The maximum Gasteiger partial charge on any atom is 0.347 e. The highest BCUT2D eigenvalue weighted by atomic mass is 16.6. The summed E-state index contributed by atoms with van der Waals surface area (Å²) in [5.41, 5.74) is 4.39. The van der Waals surface area contributed by atoms with Crippen molar-refractivity contribution in [3.8, 4) is 22.3 Å². The lowest BCUT2D eigenvalue weighted by Crippen LogP contribution is -2.26. The fourth-order valence-corrected chi connectivity index (χ4v) is 3.87. The second-order valence-electron chi connectivity index (χ2n) is 9.87. The van der Waals surface area contributed by atoms with Gasteiger partial charge in [0.05, 0.1) is 24.3 Å². The standard InChI is InChI=1S/C34H38O8/c1-5-7-21-39-31(35)23(3)41-33(37)29-17-13-27(14-18-29)25-9-11-26(12-10-25)28-15-19-30(20-16-28)34(38)42-24(4)32(36)40-22-8-6-2/h9-20,23-24H,5-8,21-22H2,1-4H3. The Balaban J connectivity index is 1.56. The SMILES string of the molecule is CCCCOC(=O)C(C)OC(=O)c1ccc(-c2ccc(-c3ccc(C(=O)OC(C)C(=O)OCCCC)cc3)cc2)cc1. The van der Waals surface area contributed by atoms with Crippen LogP contribution in [0.15, 0.2) is 72.8 Å². The summed E-state index contributed by atoms with van der Waals surface area (Å²) in [6.45, 7) is 7.60. The van der Waals surface area contributed by atoms with Crippen molar-refractivity contribution in [3.63, 3.8) is 0 Å². The van der Waals surface area contributed by atoms with Crippen molar-refractivity contribution in [3.05, 3.63) is 83.9 Å². The molecule has 0 aliphatic rings. The van der Waals surface area contributed by atoms with Crippen LogP contribution in [0.3, 0.4) is 0 Å². The molecule has 222 valence electrons. The molecule has 0 N–H and O–H groups in total. The van der Waals surface area contributed by atoms with Gasteiger partial charge in [0.1, 0.15) is 0 Å². The average molecular weight is 575 g/mol. The molecular weight excluding hydrogens is 536 g/mol. The van der Waals surface area contributed by atoms with Crippen molar-refractivity contribution in [1.29, 1.82) is 0 Å². The van der Waals surface area contributed by atoms with Gasteiger partial charge < -0.3 is 18.9 Å². The van der Waals surface area contributed by atoms with E-state index in [1.54, 1.807) is 24.3 Å². The van der Waals surface area contributed by atoms with Crippen molar-refractivity contribution in [1.82, 2.24) is 0 Å². The predicted octanol–water partition coefficient (Wildman–Crippen LogP) is 6.80. The molecule has 0 radical (unpaired) electrons. The van der Waals surface area contributed by atoms with Crippen molar-refractivity contribution < 1.29 is 38.1 Å². The molecule has 0 fully saturated rings. The number of rotatable bonds is 14. The lowest BCUT2D eigenvalue weighted by Gasteiger charge is -2.13. The summed E-state index contributed by atoms with van der Waals surface area (Å²) in [5.74, 6) is -2.30. The van der Waals surface area contributed by atoms with E-state index in [2.05, 4.69) is 0 Å². The molecule has 3 aromatic rings. The van der Waals surface area contributed by atoms with Crippen molar-refractivity contribution in [2.75, 3.05) is 13.2 Å². The molecule has 0 spiro atoms. The van der Waals surface area contributed by atoms with Gasteiger partial charge in [-0.05, 0) is 73.2 Å². The van der Waals surface area contributed by atoms with Crippen molar-refractivity contribution in [2.24, 2.45) is 0 Å². The van der Waals surface area contributed by atoms with E-state index < -0.39 is 36.1 Å². The lowest BCUT2D eigenvalue weighted by molar-refractivity contribution is -0.153. The molecule has 0 bridgehead atoms. The van der Waals surface area contributed by atoms with Crippen LogP contribution in [0, 0.1) is 0 Å². The molecule has 3 aromatic carbocycles. The number of benzene rings is 3. The zero-order valence-electron chi connectivity index (χ0n) is 24.6. The van der Waals surface area contributed by atoms with Crippen LogP contribution in [0.4, 0.5) is 0 Å². The summed E-state index contributed by atoms with van der Waals surface area (Å²) in [6.07, 6.45) is 1.37. The minimum absolute atomic E-state index is 0.308. The molecule has 2 unspecified atom stereocenters. The van der Waals surface area contributed by atoms with E-state index in [-0.39, 0.29) is 0 Å². The Morgan fingerprint density at radius 1 is 0.524 bits per heavy atom. The van der Waals surface area contributed by atoms with Crippen LogP contribution in [0.25, 0.3) is 22.3 Å². The molecule has 0 saturated heterocycles. The number of unbranched alkanes of at least 4 members (excludes halogenated alkanes) is 2. The Hall–Kier alpha value is -4.46. The van der Waals surface area contributed by atoms with Crippen LogP contribution in [-0.2, 0) is 28.5 Å². The van der Waals surface area contributed by atoms with Crippen LogP contribution >= 0.6 is 0 Å². The normalized spacial score (nSPS) is 12.1. The summed E-state index contributed by atoms with van der Waals surface area (Å²) in [4.78, 5) is 48.8. The fourth-order valence-electron chi connectivity index (χ4n) is 3.87. The molecule has 0 amide bonds. The van der Waals surface area contributed by atoms with Gasteiger partial charge in [0, 0.05) is 0 Å². The zero-order chi connectivity index (χ0) is 30.5. The first-order chi connectivity index (χ1) is 20.2. The highest BCUT2D eigenvalue weighted by Crippen LogP contribution is 2.26. The van der Waals surface area contributed by atoms with Gasteiger partial charge in [-0.25, -0.2) is 19.2 Å². The van der Waals surface area contributed by atoms with E-state index in [4.69, 9.17) is 18.9 Å². The van der Waals surface area contributed by atoms with E-state index in [1.807, 2.05) is 62.4 Å². The number of carbonyl (C=O) groups excluding carboxylic acids is 4. The van der Waals surface area contributed by atoms with Crippen LogP contribution in [-0.4, -0.2) is 49.3 Å².